The van der Waals surface area contributed by atoms with Crippen LogP contribution in [0.4, 0.5) is 0 Å². The molecule has 0 amide bonds. The first-order chi connectivity index (χ1) is 12.4. The molecule has 0 saturated carbocycles. The summed E-state index contributed by atoms with van der Waals surface area (Å²) < 4.78 is 6.46. The summed E-state index contributed by atoms with van der Waals surface area (Å²) in [5, 5.41) is 1.98. The van der Waals surface area contributed by atoms with E-state index in [4.69, 9.17) is 4.43 Å². The van der Waals surface area contributed by atoms with Gasteiger partial charge in [0.25, 0.3) is 0 Å². The molecule has 3 aromatic carbocycles. The molecule has 0 aliphatic heterocycles. The molecular weight excluding hydrogens is 336 g/mol. The van der Waals surface area contributed by atoms with Crippen LogP contribution in [-0.2, 0) is 4.43 Å². The van der Waals surface area contributed by atoms with E-state index in [-0.39, 0.29) is 11.0 Å². The van der Waals surface area contributed by atoms with Crippen molar-refractivity contribution in [1.82, 2.24) is 0 Å². The molecule has 3 heteroatoms. The van der Waals surface area contributed by atoms with Gasteiger partial charge in [-0.15, -0.1) is 0 Å². The molecule has 0 fully saturated rings. The minimum absolute atomic E-state index is 0.222. The minimum Gasteiger partial charge on any atom is -0.506 e. The normalized spacial score (nSPS) is 11.8. The van der Waals surface area contributed by atoms with Crippen LogP contribution in [0, 0.1) is 0 Å². The Bertz CT molecular complexity index is 813. The minimum atomic E-state index is -2.84. The van der Waals surface area contributed by atoms with Gasteiger partial charge in [0.1, 0.15) is 0 Å². The van der Waals surface area contributed by atoms with Gasteiger partial charge in [-0.3, -0.25) is 0 Å². The van der Waals surface area contributed by atoms with Crippen molar-refractivity contribution < 1.29 is 9.22 Å². The Labute approximate surface area is 156 Å². The van der Waals surface area contributed by atoms with E-state index in [9.17, 15) is 4.79 Å². The van der Waals surface area contributed by atoms with Crippen LogP contribution in [0.2, 0.25) is 5.04 Å². The molecule has 0 atom stereocenters. The highest BCUT2D eigenvalue weighted by Gasteiger charge is 2.53. The third-order valence-corrected chi connectivity index (χ3v) is 9.57. The summed E-state index contributed by atoms with van der Waals surface area (Å²) in [4.78, 5) is 13.1. The van der Waals surface area contributed by atoms with Gasteiger partial charge in [-0.05, 0) is 27.5 Å². The van der Waals surface area contributed by atoms with E-state index in [0.717, 1.165) is 10.4 Å². The molecule has 132 valence electrons. The second kappa shape index (κ2) is 7.30. The smallest absolute Gasteiger partial charge is 0.325 e. The monoisotopic (exact) mass is 360 g/mol. The largest absolute Gasteiger partial charge is 0.506 e. The lowest BCUT2D eigenvalue weighted by Crippen LogP contribution is -2.67. The molecule has 0 bridgehead atoms. The number of hydrogen-bond acceptors (Lipinski definition) is 2. The quantitative estimate of drug-likeness (QED) is 0.645. The zero-order valence-corrected chi connectivity index (χ0v) is 16.5. The molecule has 0 aliphatic rings. The molecular formula is C23H24O2Si. The lowest BCUT2D eigenvalue weighted by atomic mass is 10.2. The number of carbonyl (C=O) groups excluding carboxylic acids is 1. The molecule has 0 unspecified atom stereocenters. The Morgan fingerprint density at radius 1 is 0.692 bits per heavy atom. The molecule has 0 N–H and O–H groups in total. The van der Waals surface area contributed by atoms with Crippen LogP contribution in [0.15, 0.2) is 91.0 Å². The molecule has 26 heavy (non-hydrogen) atoms. The van der Waals surface area contributed by atoms with E-state index in [1.54, 1.807) is 12.1 Å². The van der Waals surface area contributed by atoms with Crippen LogP contribution in [-0.4, -0.2) is 14.3 Å². The van der Waals surface area contributed by atoms with Gasteiger partial charge in [0.15, 0.2) is 0 Å². The summed E-state index contributed by atoms with van der Waals surface area (Å²) in [6.45, 7) is 6.49. The van der Waals surface area contributed by atoms with Crippen LogP contribution >= 0.6 is 0 Å². The first-order valence-corrected chi connectivity index (χ1v) is 10.8. The number of rotatable bonds is 4. The second-order valence-corrected chi connectivity index (χ2v) is 11.6. The molecule has 3 aromatic rings. The highest BCUT2D eigenvalue weighted by atomic mass is 28.4. The number of carbonyl (C=O) groups is 1. The van der Waals surface area contributed by atoms with Crippen LogP contribution in [0.25, 0.3) is 0 Å². The first kappa shape index (κ1) is 18.1. The topological polar surface area (TPSA) is 26.3 Å². The summed E-state index contributed by atoms with van der Waals surface area (Å²) in [7, 11) is -2.84. The van der Waals surface area contributed by atoms with Crippen LogP contribution in [0.5, 0.6) is 0 Å². The molecule has 0 aromatic heterocycles. The molecule has 0 saturated heterocycles. The van der Waals surface area contributed by atoms with Crippen molar-refractivity contribution >= 4 is 24.7 Å². The molecule has 0 radical (unpaired) electrons. The number of benzene rings is 3. The highest BCUT2D eigenvalue weighted by Crippen LogP contribution is 2.37. The summed E-state index contributed by atoms with van der Waals surface area (Å²) in [6, 6.07) is 29.6. The zero-order chi connectivity index (χ0) is 18.6. The average molecular weight is 361 g/mol. The van der Waals surface area contributed by atoms with Gasteiger partial charge in [0, 0.05) is 0 Å². The lowest BCUT2D eigenvalue weighted by molar-refractivity contribution is 0.0719. The summed E-state index contributed by atoms with van der Waals surface area (Å²) in [5.41, 5.74) is 0.584. The fraction of sp³-hybridized carbons (Fsp3) is 0.174. The third kappa shape index (κ3) is 3.35. The van der Waals surface area contributed by atoms with Crippen LogP contribution in [0.1, 0.15) is 31.1 Å². The maximum absolute atomic E-state index is 13.1. The van der Waals surface area contributed by atoms with Gasteiger partial charge in [0.2, 0.25) is 0 Å². The summed E-state index contributed by atoms with van der Waals surface area (Å²) in [6.07, 6.45) is 0. The second-order valence-electron chi connectivity index (χ2n) is 7.42. The van der Waals surface area contributed by atoms with Crippen molar-refractivity contribution in [2.75, 3.05) is 0 Å². The fourth-order valence-electron chi connectivity index (χ4n) is 3.42. The Morgan fingerprint density at radius 3 is 1.46 bits per heavy atom. The summed E-state index contributed by atoms with van der Waals surface area (Å²) in [5.74, 6) is -0.264. The first-order valence-electron chi connectivity index (χ1n) is 8.84. The van der Waals surface area contributed by atoms with Crippen molar-refractivity contribution in [2.45, 2.75) is 25.8 Å². The van der Waals surface area contributed by atoms with Gasteiger partial charge in [-0.2, -0.15) is 0 Å². The Balaban J connectivity index is 2.19. The van der Waals surface area contributed by atoms with Gasteiger partial charge in [0.05, 0.1) is 5.56 Å². The summed E-state index contributed by atoms with van der Waals surface area (Å²) >= 11 is 0. The predicted molar refractivity (Wildman–Crippen MR) is 109 cm³/mol. The molecule has 0 heterocycles. The highest BCUT2D eigenvalue weighted by molar-refractivity contribution is 7.00. The lowest BCUT2D eigenvalue weighted by Gasteiger charge is -2.42. The Hall–Kier alpha value is -2.65. The van der Waals surface area contributed by atoms with Crippen LogP contribution in [0.3, 0.4) is 0 Å². The maximum atomic E-state index is 13.1. The van der Waals surface area contributed by atoms with Crippen LogP contribution < -0.4 is 10.4 Å². The molecule has 0 aliphatic carbocycles. The van der Waals surface area contributed by atoms with Gasteiger partial charge < -0.3 is 4.43 Å². The van der Waals surface area contributed by atoms with E-state index < -0.39 is 8.32 Å². The SMILES string of the molecule is CC(C)(C)[Si](OC(=O)c1ccccc1)(c1ccccc1)c1ccccc1. The Morgan fingerprint density at radius 2 is 1.08 bits per heavy atom. The van der Waals surface area contributed by atoms with E-state index in [2.05, 4.69) is 45.0 Å². The Kier molecular flexibility index (Phi) is 5.10. The standard InChI is InChI=1S/C23H24O2Si/c1-23(2,3)26(20-15-9-5-10-16-20,21-17-11-6-12-18-21)25-22(24)19-13-7-4-8-14-19/h4-18H,1-3H3. The van der Waals surface area contributed by atoms with E-state index in [0.29, 0.717) is 5.56 Å². The molecule has 2 nitrogen and oxygen atoms in total. The molecule has 0 spiro atoms. The number of hydrogen-bond donors (Lipinski definition) is 0. The van der Waals surface area contributed by atoms with Gasteiger partial charge >= 0.3 is 14.3 Å². The van der Waals surface area contributed by atoms with Crippen molar-refractivity contribution in [2.24, 2.45) is 0 Å². The van der Waals surface area contributed by atoms with E-state index >= 15 is 0 Å². The van der Waals surface area contributed by atoms with E-state index in [1.165, 1.54) is 0 Å². The average Bonchev–Trinajstić information content (AvgIpc) is 2.67. The van der Waals surface area contributed by atoms with Gasteiger partial charge in [-0.1, -0.05) is 99.6 Å². The maximum Gasteiger partial charge on any atom is 0.325 e. The predicted octanol–water partition coefficient (Wildman–Crippen LogP) is 4.40. The van der Waals surface area contributed by atoms with Gasteiger partial charge in [-0.25, -0.2) is 4.79 Å². The van der Waals surface area contributed by atoms with Crippen molar-refractivity contribution in [1.29, 1.82) is 0 Å². The van der Waals surface area contributed by atoms with Crippen molar-refractivity contribution in [3.05, 3.63) is 96.6 Å². The van der Waals surface area contributed by atoms with Crippen molar-refractivity contribution in [3.8, 4) is 0 Å². The van der Waals surface area contributed by atoms with Crippen molar-refractivity contribution in [3.63, 3.8) is 0 Å². The van der Waals surface area contributed by atoms with E-state index in [1.807, 2.05) is 54.6 Å². The fourth-order valence-corrected chi connectivity index (χ4v) is 7.75. The zero-order valence-electron chi connectivity index (χ0n) is 15.5. The molecule has 3 rings (SSSR count). The third-order valence-electron chi connectivity index (χ3n) is 4.67.